The van der Waals surface area contributed by atoms with Gasteiger partial charge in [0.1, 0.15) is 11.9 Å². The summed E-state index contributed by atoms with van der Waals surface area (Å²) >= 11 is 0. The maximum Gasteiger partial charge on any atom is 0.136 e. The lowest BCUT2D eigenvalue weighted by molar-refractivity contribution is 0.211. The summed E-state index contributed by atoms with van der Waals surface area (Å²) in [5, 5.41) is 0. The van der Waals surface area contributed by atoms with Crippen LogP contribution in [0.4, 0.5) is 0 Å². The van der Waals surface area contributed by atoms with Crippen molar-refractivity contribution in [3.8, 4) is 5.75 Å². The van der Waals surface area contributed by atoms with Crippen LogP contribution in [0, 0.1) is 6.92 Å². The van der Waals surface area contributed by atoms with Gasteiger partial charge in [-0.25, -0.2) is 0 Å². The smallest absolute Gasteiger partial charge is 0.136 e. The van der Waals surface area contributed by atoms with Crippen LogP contribution < -0.4 is 10.5 Å². The van der Waals surface area contributed by atoms with Crippen LogP contribution in [-0.2, 0) is 0 Å². The highest BCUT2D eigenvalue weighted by atomic mass is 16.5. The van der Waals surface area contributed by atoms with Gasteiger partial charge in [0.25, 0.3) is 0 Å². The van der Waals surface area contributed by atoms with E-state index in [-0.39, 0.29) is 6.10 Å². The average molecular weight is 270 g/mol. The molecule has 0 aliphatic heterocycles. The number of hydrogen-bond acceptors (Lipinski definition) is 3. The largest absolute Gasteiger partial charge is 0.484 e. The predicted octanol–water partition coefficient (Wildman–Crippen LogP) is 3.59. The number of rotatable bonds is 5. The molecule has 2 N–H and O–H groups in total. The van der Waals surface area contributed by atoms with Gasteiger partial charge >= 0.3 is 0 Å². The van der Waals surface area contributed by atoms with Crippen molar-refractivity contribution < 1.29 is 4.74 Å². The number of ether oxygens (including phenoxy) is 1. The number of nitrogens with zero attached hydrogens (tertiary/aromatic N) is 1. The second-order valence-electron chi connectivity index (χ2n) is 5.32. The Bertz CT molecular complexity index is 552. The fourth-order valence-electron chi connectivity index (χ4n) is 2.20. The monoisotopic (exact) mass is 270 g/mol. The van der Waals surface area contributed by atoms with Gasteiger partial charge in [-0.15, -0.1) is 0 Å². The van der Waals surface area contributed by atoms with Crippen LogP contribution >= 0.6 is 0 Å². The summed E-state index contributed by atoms with van der Waals surface area (Å²) in [6.07, 6.45) is 3.39. The van der Waals surface area contributed by atoms with Gasteiger partial charge in [-0.2, -0.15) is 0 Å². The molecule has 0 radical (unpaired) electrons. The van der Waals surface area contributed by atoms with E-state index in [0.29, 0.717) is 12.5 Å². The zero-order valence-corrected chi connectivity index (χ0v) is 12.3. The average Bonchev–Trinajstić information content (AvgIpc) is 2.45. The minimum Gasteiger partial charge on any atom is -0.484 e. The van der Waals surface area contributed by atoms with Crippen molar-refractivity contribution in [3.63, 3.8) is 0 Å². The molecular formula is C17H22N2O. The Morgan fingerprint density at radius 2 is 1.85 bits per heavy atom. The molecule has 1 heterocycles. The second-order valence-corrected chi connectivity index (χ2v) is 5.32. The molecule has 1 atom stereocenters. The first-order valence-corrected chi connectivity index (χ1v) is 6.99. The normalized spacial score (nSPS) is 12.4. The highest BCUT2D eigenvalue weighted by Gasteiger charge is 2.15. The van der Waals surface area contributed by atoms with Crippen molar-refractivity contribution in [2.24, 2.45) is 5.73 Å². The lowest BCUT2D eigenvalue weighted by Gasteiger charge is -2.21. The number of hydrogen-bond donors (Lipinski definition) is 1. The number of pyridine rings is 1. The molecule has 3 nitrogen and oxygen atoms in total. The quantitative estimate of drug-likeness (QED) is 0.903. The molecule has 0 bridgehead atoms. The molecule has 1 aromatic heterocycles. The molecule has 0 saturated heterocycles. The third-order valence-electron chi connectivity index (χ3n) is 3.35. The Hall–Kier alpha value is -1.87. The first-order chi connectivity index (χ1) is 9.61. The van der Waals surface area contributed by atoms with Gasteiger partial charge in [0.15, 0.2) is 0 Å². The van der Waals surface area contributed by atoms with Crippen molar-refractivity contribution in [3.05, 3.63) is 59.4 Å². The summed E-state index contributed by atoms with van der Waals surface area (Å²) in [5.41, 5.74) is 9.33. The van der Waals surface area contributed by atoms with Gasteiger partial charge < -0.3 is 10.5 Å². The fraction of sp³-hybridized carbons (Fsp3) is 0.353. The van der Waals surface area contributed by atoms with E-state index in [4.69, 9.17) is 10.5 Å². The second kappa shape index (κ2) is 6.53. The van der Waals surface area contributed by atoms with Crippen LogP contribution in [0.5, 0.6) is 5.75 Å². The molecule has 1 aromatic carbocycles. The first kappa shape index (κ1) is 14.5. The molecule has 0 spiro atoms. The van der Waals surface area contributed by atoms with Crippen molar-refractivity contribution in [2.45, 2.75) is 32.8 Å². The number of aryl methyl sites for hydroxylation is 1. The minimum absolute atomic E-state index is 0.141. The van der Waals surface area contributed by atoms with Gasteiger partial charge in [0.2, 0.25) is 0 Å². The third-order valence-corrected chi connectivity index (χ3v) is 3.35. The Kier molecular flexibility index (Phi) is 4.74. The summed E-state index contributed by atoms with van der Waals surface area (Å²) in [5.74, 6) is 1.34. The predicted molar refractivity (Wildman–Crippen MR) is 81.9 cm³/mol. The highest BCUT2D eigenvalue weighted by molar-refractivity contribution is 5.39. The number of aromatic nitrogens is 1. The van der Waals surface area contributed by atoms with Gasteiger partial charge in [0, 0.05) is 18.9 Å². The van der Waals surface area contributed by atoms with Crippen LogP contribution in [0.2, 0.25) is 0 Å². The van der Waals surface area contributed by atoms with Gasteiger partial charge in [-0.1, -0.05) is 26.0 Å². The van der Waals surface area contributed by atoms with E-state index in [1.807, 2.05) is 12.1 Å². The first-order valence-electron chi connectivity index (χ1n) is 6.99. The zero-order valence-electron chi connectivity index (χ0n) is 12.3. The highest BCUT2D eigenvalue weighted by Crippen LogP contribution is 2.31. The molecular weight excluding hydrogens is 248 g/mol. The van der Waals surface area contributed by atoms with E-state index in [9.17, 15) is 0 Å². The Morgan fingerprint density at radius 1 is 1.15 bits per heavy atom. The molecule has 2 rings (SSSR count). The van der Waals surface area contributed by atoms with Crippen molar-refractivity contribution >= 4 is 0 Å². The van der Waals surface area contributed by atoms with Crippen molar-refractivity contribution in [1.29, 1.82) is 0 Å². The molecule has 20 heavy (non-hydrogen) atoms. The fourth-order valence-corrected chi connectivity index (χ4v) is 2.20. The summed E-state index contributed by atoms with van der Waals surface area (Å²) < 4.78 is 6.17. The molecule has 0 aliphatic rings. The lowest BCUT2D eigenvalue weighted by Crippen LogP contribution is -2.19. The topological polar surface area (TPSA) is 48.1 Å². The van der Waals surface area contributed by atoms with E-state index in [0.717, 1.165) is 11.3 Å². The van der Waals surface area contributed by atoms with E-state index < -0.39 is 0 Å². The van der Waals surface area contributed by atoms with E-state index in [1.54, 1.807) is 12.4 Å². The Morgan fingerprint density at radius 3 is 2.45 bits per heavy atom. The van der Waals surface area contributed by atoms with Gasteiger partial charge in [-0.05, 0) is 47.7 Å². The van der Waals surface area contributed by atoms with Crippen LogP contribution in [0.1, 0.15) is 42.6 Å². The van der Waals surface area contributed by atoms with Crippen LogP contribution in [0.25, 0.3) is 0 Å². The van der Waals surface area contributed by atoms with Gasteiger partial charge in [-0.3, -0.25) is 4.98 Å². The van der Waals surface area contributed by atoms with Gasteiger partial charge in [0.05, 0.1) is 0 Å². The standard InChI is InChI=1S/C17H22N2O/c1-12(2)15-5-4-13(3)10-16(15)20-17(11-18)14-6-8-19-9-7-14/h4-10,12,17H,11,18H2,1-3H3. The molecule has 0 aliphatic carbocycles. The summed E-state index contributed by atoms with van der Waals surface area (Å²) in [6.45, 7) is 6.85. The molecule has 0 fully saturated rings. The lowest BCUT2D eigenvalue weighted by atomic mass is 10.0. The number of benzene rings is 1. The molecule has 1 unspecified atom stereocenters. The molecule has 106 valence electrons. The van der Waals surface area contributed by atoms with Crippen molar-refractivity contribution in [1.82, 2.24) is 4.98 Å². The maximum atomic E-state index is 6.17. The van der Waals surface area contributed by atoms with Crippen LogP contribution in [-0.4, -0.2) is 11.5 Å². The zero-order chi connectivity index (χ0) is 14.5. The van der Waals surface area contributed by atoms with Crippen LogP contribution in [0.15, 0.2) is 42.7 Å². The minimum atomic E-state index is -0.141. The Balaban J connectivity index is 2.30. The molecule has 3 heteroatoms. The van der Waals surface area contributed by atoms with E-state index >= 15 is 0 Å². The number of nitrogens with two attached hydrogens (primary N) is 1. The molecule has 0 saturated carbocycles. The third kappa shape index (κ3) is 3.36. The molecule has 2 aromatic rings. The summed E-state index contributed by atoms with van der Waals surface area (Å²) in [7, 11) is 0. The van der Waals surface area contributed by atoms with Crippen LogP contribution in [0.3, 0.4) is 0 Å². The Labute approximate surface area is 120 Å². The van der Waals surface area contributed by atoms with E-state index in [2.05, 4.69) is 44.0 Å². The SMILES string of the molecule is Cc1ccc(C(C)C)c(OC(CN)c2ccncc2)c1. The summed E-state index contributed by atoms with van der Waals surface area (Å²) in [4.78, 5) is 4.03. The molecule has 0 amide bonds. The van der Waals surface area contributed by atoms with E-state index in [1.165, 1.54) is 11.1 Å². The maximum absolute atomic E-state index is 6.17. The van der Waals surface area contributed by atoms with Crippen molar-refractivity contribution in [2.75, 3.05) is 6.54 Å². The summed E-state index contributed by atoms with van der Waals surface area (Å²) in [6, 6.07) is 10.2.